The molecule has 2 aliphatic rings. The lowest BCUT2D eigenvalue weighted by molar-refractivity contribution is -0.00142. The summed E-state index contributed by atoms with van der Waals surface area (Å²) in [5.74, 6) is 0.144. The zero-order chi connectivity index (χ0) is 18.9. The highest BCUT2D eigenvalue weighted by Gasteiger charge is 2.31. The molecule has 0 aliphatic carbocycles. The van der Waals surface area contributed by atoms with E-state index in [4.69, 9.17) is 0 Å². The van der Waals surface area contributed by atoms with Gasteiger partial charge in [-0.3, -0.25) is 9.69 Å². The molecule has 2 heterocycles. The van der Waals surface area contributed by atoms with Gasteiger partial charge in [-0.05, 0) is 52.7 Å². The van der Waals surface area contributed by atoms with Crippen molar-refractivity contribution >= 4 is 11.6 Å². The fraction of sp³-hybridized carbons (Fsp3) is 0.667. The van der Waals surface area contributed by atoms with Crippen LogP contribution in [0.4, 0.5) is 5.69 Å². The highest BCUT2D eigenvalue weighted by atomic mass is 16.3. The Kier molecular flexibility index (Phi) is 5.58. The monoisotopic (exact) mass is 359 g/mol. The number of benzene rings is 1. The Labute approximate surface area is 157 Å². The molecule has 26 heavy (non-hydrogen) atoms. The van der Waals surface area contributed by atoms with Crippen molar-refractivity contribution < 1.29 is 9.90 Å². The molecule has 1 unspecified atom stereocenters. The number of amides is 1. The van der Waals surface area contributed by atoms with Crippen molar-refractivity contribution in [1.29, 1.82) is 0 Å². The quantitative estimate of drug-likeness (QED) is 0.897. The molecule has 2 saturated heterocycles. The van der Waals surface area contributed by atoms with Gasteiger partial charge in [0.05, 0.1) is 11.2 Å². The van der Waals surface area contributed by atoms with Crippen LogP contribution in [0.25, 0.3) is 0 Å². The molecule has 144 valence electrons. The van der Waals surface area contributed by atoms with Crippen LogP contribution >= 0.6 is 0 Å². The first kappa shape index (κ1) is 19.2. The van der Waals surface area contributed by atoms with E-state index in [1.165, 1.54) is 12.8 Å². The number of aryl methyl sites for hydroxylation is 1. The van der Waals surface area contributed by atoms with Gasteiger partial charge in [-0.25, -0.2) is 0 Å². The second kappa shape index (κ2) is 7.57. The fourth-order valence-corrected chi connectivity index (χ4v) is 4.14. The van der Waals surface area contributed by atoms with E-state index in [2.05, 4.69) is 35.8 Å². The maximum Gasteiger partial charge on any atom is 0.256 e. The summed E-state index contributed by atoms with van der Waals surface area (Å²) in [5, 5.41) is 10.1. The van der Waals surface area contributed by atoms with Gasteiger partial charge in [0.1, 0.15) is 0 Å². The van der Waals surface area contributed by atoms with Gasteiger partial charge in [-0.2, -0.15) is 0 Å². The molecule has 1 N–H and O–H groups in total. The first-order chi connectivity index (χ1) is 12.2. The number of rotatable bonds is 4. The lowest BCUT2D eigenvalue weighted by atomic mass is 10.0. The van der Waals surface area contributed by atoms with Crippen molar-refractivity contribution in [3.05, 3.63) is 29.3 Å². The molecule has 5 nitrogen and oxygen atoms in total. The molecule has 1 amide bonds. The van der Waals surface area contributed by atoms with E-state index in [0.717, 1.165) is 36.4 Å². The average Bonchev–Trinajstić information content (AvgIpc) is 3.09. The van der Waals surface area contributed by atoms with Gasteiger partial charge in [-0.15, -0.1) is 0 Å². The zero-order valence-electron chi connectivity index (χ0n) is 16.7. The van der Waals surface area contributed by atoms with Gasteiger partial charge in [0, 0.05) is 51.0 Å². The van der Waals surface area contributed by atoms with Crippen LogP contribution in [0, 0.1) is 6.92 Å². The molecule has 0 spiro atoms. The second-order valence-electron chi connectivity index (χ2n) is 8.60. The van der Waals surface area contributed by atoms with E-state index in [0.29, 0.717) is 19.6 Å². The van der Waals surface area contributed by atoms with Crippen LogP contribution in [-0.2, 0) is 0 Å². The largest absolute Gasteiger partial charge is 0.389 e. The summed E-state index contributed by atoms with van der Waals surface area (Å²) in [6.07, 6.45) is 2.41. The van der Waals surface area contributed by atoms with E-state index in [9.17, 15) is 9.90 Å². The standard InChI is InChI=1S/C21H33N3O2/c1-16-7-8-19(22-9-5-6-10-22)18(13-16)20(25)23-11-12-24(17(2)14-23)15-21(3,4)26/h7-8,13,17,26H,5-6,9-12,14-15H2,1-4H3. The first-order valence-corrected chi connectivity index (χ1v) is 9.86. The minimum atomic E-state index is -0.708. The van der Waals surface area contributed by atoms with Crippen LogP contribution in [-0.4, -0.2) is 71.7 Å². The lowest BCUT2D eigenvalue weighted by Crippen LogP contribution is -2.56. The number of anilines is 1. The molecule has 3 rings (SSSR count). The van der Waals surface area contributed by atoms with E-state index in [1.807, 2.05) is 24.8 Å². The molecule has 0 bridgehead atoms. The highest BCUT2D eigenvalue weighted by molar-refractivity contribution is 6.00. The molecule has 0 radical (unpaired) electrons. The van der Waals surface area contributed by atoms with Gasteiger partial charge in [0.25, 0.3) is 5.91 Å². The number of hydrogen-bond acceptors (Lipinski definition) is 4. The molecule has 1 atom stereocenters. The van der Waals surface area contributed by atoms with Gasteiger partial charge < -0.3 is 14.9 Å². The molecule has 0 saturated carbocycles. The average molecular weight is 360 g/mol. The van der Waals surface area contributed by atoms with Crippen LogP contribution in [0.3, 0.4) is 0 Å². The SMILES string of the molecule is Cc1ccc(N2CCCC2)c(C(=O)N2CCN(CC(C)(C)O)C(C)C2)c1. The molecule has 5 heteroatoms. The highest BCUT2D eigenvalue weighted by Crippen LogP contribution is 2.27. The summed E-state index contributed by atoms with van der Waals surface area (Å²) >= 11 is 0. The molecular formula is C21H33N3O2. The van der Waals surface area contributed by atoms with Crippen molar-refractivity contribution in [2.75, 3.05) is 44.2 Å². The number of β-amino-alcohol motifs (C(OH)–C–C–N with tert-alkyl or cyclic N) is 1. The minimum absolute atomic E-state index is 0.144. The number of carbonyl (C=O) groups is 1. The normalized spacial score (nSPS) is 22.1. The summed E-state index contributed by atoms with van der Waals surface area (Å²) in [5.41, 5.74) is 2.35. The maximum absolute atomic E-state index is 13.3. The predicted molar refractivity (Wildman–Crippen MR) is 106 cm³/mol. The van der Waals surface area contributed by atoms with Crippen molar-refractivity contribution in [2.24, 2.45) is 0 Å². The summed E-state index contributed by atoms with van der Waals surface area (Å²) in [4.78, 5) is 19.9. The van der Waals surface area contributed by atoms with Crippen LogP contribution < -0.4 is 4.90 Å². The first-order valence-electron chi connectivity index (χ1n) is 9.86. The summed E-state index contributed by atoms with van der Waals surface area (Å²) in [6.45, 7) is 12.8. The lowest BCUT2D eigenvalue weighted by Gasteiger charge is -2.42. The van der Waals surface area contributed by atoms with Crippen LogP contribution in [0.1, 0.15) is 49.5 Å². The zero-order valence-corrected chi connectivity index (χ0v) is 16.7. The van der Waals surface area contributed by atoms with Crippen molar-refractivity contribution in [3.8, 4) is 0 Å². The third kappa shape index (κ3) is 4.38. The molecular weight excluding hydrogens is 326 g/mol. The van der Waals surface area contributed by atoms with E-state index in [1.54, 1.807) is 0 Å². The van der Waals surface area contributed by atoms with Crippen LogP contribution in [0.2, 0.25) is 0 Å². The van der Waals surface area contributed by atoms with Gasteiger partial charge in [-0.1, -0.05) is 11.6 Å². The van der Waals surface area contributed by atoms with Crippen molar-refractivity contribution in [3.63, 3.8) is 0 Å². The molecule has 2 aliphatic heterocycles. The topological polar surface area (TPSA) is 47.0 Å². The Morgan fingerprint density at radius 3 is 2.50 bits per heavy atom. The maximum atomic E-state index is 13.3. The summed E-state index contributed by atoms with van der Waals surface area (Å²) < 4.78 is 0. The van der Waals surface area contributed by atoms with Crippen LogP contribution in [0.5, 0.6) is 0 Å². The van der Waals surface area contributed by atoms with Crippen molar-refractivity contribution in [2.45, 2.75) is 52.2 Å². The second-order valence-corrected chi connectivity index (χ2v) is 8.60. The van der Waals surface area contributed by atoms with E-state index >= 15 is 0 Å². The van der Waals surface area contributed by atoms with Gasteiger partial charge >= 0.3 is 0 Å². The Morgan fingerprint density at radius 1 is 1.19 bits per heavy atom. The number of aliphatic hydroxyl groups is 1. The molecule has 1 aromatic rings. The Hall–Kier alpha value is -1.59. The Morgan fingerprint density at radius 2 is 1.88 bits per heavy atom. The number of nitrogens with zero attached hydrogens (tertiary/aromatic N) is 3. The summed E-state index contributed by atoms with van der Waals surface area (Å²) in [7, 11) is 0. The smallest absolute Gasteiger partial charge is 0.256 e. The molecule has 0 aromatic heterocycles. The molecule has 1 aromatic carbocycles. The van der Waals surface area contributed by atoms with Crippen LogP contribution in [0.15, 0.2) is 18.2 Å². The Bertz CT molecular complexity index is 647. The Balaban J connectivity index is 1.75. The predicted octanol–water partition coefficient (Wildman–Crippen LogP) is 2.51. The fourth-order valence-electron chi connectivity index (χ4n) is 4.14. The van der Waals surface area contributed by atoms with E-state index in [-0.39, 0.29) is 11.9 Å². The van der Waals surface area contributed by atoms with Gasteiger partial charge in [0.15, 0.2) is 0 Å². The van der Waals surface area contributed by atoms with Crippen molar-refractivity contribution in [1.82, 2.24) is 9.80 Å². The van der Waals surface area contributed by atoms with Gasteiger partial charge in [0.2, 0.25) is 0 Å². The van der Waals surface area contributed by atoms with E-state index < -0.39 is 5.60 Å². The minimum Gasteiger partial charge on any atom is -0.389 e. The molecule has 2 fully saturated rings. The summed E-state index contributed by atoms with van der Waals surface area (Å²) in [6, 6.07) is 6.51. The third-order valence-corrected chi connectivity index (χ3v) is 5.47. The number of hydrogen-bond donors (Lipinski definition) is 1. The number of carbonyl (C=O) groups excluding carboxylic acids is 1. The third-order valence-electron chi connectivity index (χ3n) is 5.47. The number of piperazine rings is 1.